The molecular weight excluding hydrogens is 725 g/mol. The highest BCUT2D eigenvalue weighted by atomic mass is 31.2. The fourth-order valence-corrected chi connectivity index (χ4v) is 5.98. The number of quaternary nitrogens is 1. The first-order valence-corrected chi connectivity index (χ1v) is 23.1. The van der Waals surface area contributed by atoms with Crippen molar-refractivity contribution in [2.24, 2.45) is 0 Å². The molecule has 0 aromatic rings. The Labute approximate surface area is 342 Å². The molecule has 0 spiro atoms. The Kier molecular flexibility index (Phi) is 36.3. The van der Waals surface area contributed by atoms with Gasteiger partial charge in [-0.3, -0.25) is 14.2 Å². The molecule has 322 valence electrons. The van der Waals surface area contributed by atoms with Crippen LogP contribution in [-0.4, -0.2) is 70.0 Å². The highest BCUT2D eigenvalue weighted by Gasteiger charge is 2.21. The molecule has 2 atom stereocenters. The highest BCUT2D eigenvalue weighted by Crippen LogP contribution is 2.38. The van der Waals surface area contributed by atoms with Gasteiger partial charge in [-0.25, -0.2) is 0 Å². The Morgan fingerprint density at radius 1 is 0.554 bits per heavy atom. The predicted molar refractivity (Wildman–Crippen MR) is 231 cm³/mol. The van der Waals surface area contributed by atoms with Crippen molar-refractivity contribution in [2.45, 2.75) is 161 Å². The highest BCUT2D eigenvalue weighted by molar-refractivity contribution is 7.45. The lowest BCUT2D eigenvalue weighted by molar-refractivity contribution is -0.870. The van der Waals surface area contributed by atoms with E-state index in [0.717, 1.165) is 70.6 Å². The van der Waals surface area contributed by atoms with E-state index in [9.17, 15) is 19.0 Å². The molecule has 0 N–H and O–H groups in total. The van der Waals surface area contributed by atoms with Crippen LogP contribution in [0.25, 0.3) is 0 Å². The van der Waals surface area contributed by atoms with Crippen molar-refractivity contribution in [1.29, 1.82) is 0 Å². The van der Waals surface area contributed by atoms with Gasteiger partial charge >= 0.3 is 11.9 Å². The van der Waals surface area contributed by atoms with Crippen LogP contribution in [0.5, 0.6) is 0 Å². The van der Waals surface area contributed by atoms with Crippen LogP contribution in [-0.2, 0) is 32.7 Å². The van der Waals surface area contributed by atoms with E-state index in [-0.39, 0.29) is 26.1 Å². The maximum atomic E-state index is 12.6. The first-order valence-electron chi connectivity index (χ1n) is 21.6. The lowest BCUT2D eigenvalue weighted by Crippen LogP contribution is -2.37. The van der Waals surface area contributed by atoms with E-state index in [0.29, 0.717) is 23.9 Å². The van der Waals surface area contributed by atoms with Crippen molar-refractivity contribution in [3.05, 3.63) is 72.9 Å². The third-order valence-electron chi connectivity index (χ3n) is 8.70. The number of hydrogen-bond donors (Lipinski definition) is 0. The number of nitrogens with zero attached hydrogens (tertiary/aromatic N) is 1. The van der Waals surface area contributed by atoms with Crippen LogP contribution < -0.4 is 4.89 Å². The van der Waals surface area contributed by atoms with Gasteiger partial charge in [0.05, 0.1) is 27.7 Å². The summed E-state index contributed by atoms with van der Waals surface area (Å²) < 4.78 is 33.8. The molecule has 0 heterocycles. The number of carbonyl (C=O) groups excluding carboxylic acids is 2. The summed E-state index contributed by atoms with van der Waals surface area (Å²) in [5.74, 6) is -0.912. The monoisotopic (exact) mass is 806 g/mol. The quantitative estimate of drug-likeness (QED) is 0.0199. The summed E-state index contributed by atoms with van der Waals surface area (Å²) in [6.45, 7) is 4.07. The molecule has 1 unspecified atom stereocenters. The number of phosphoric ester groups is 1. The third kappa shape index (κ3) is 41.1. The molecule has 0 rings (SSSR count). The fourth-order valence-electron chi connectivity index (χ4n) is 5.25. The fraction of sp³-hybridized carbons (Fsp3) is 0.696. The van der Waals surface area contributed by atoms with Crippen molar-refractivity contribution in [1.82, 2.24) is 0 Å². The summed E-state index contributed by atoms with van der Waals surface area (Å²) in [7, 11) is 1.11. The Balaban J connectivity index is 4.50. The van der Waals surface area contributed by atoms with Crippen LogP contribution in [0, 0.1) is 0 Å². The number of allylic oxidation sites excluding steroid dienone is 12. The molecule has 0 radical (unpaired) electrons. The number of hydrogen-bond acceptors (Lipinski definition) is 8. The zero-order valence-corrected chi connectivity index (χ0v) is 36.9. The number of likely N-dealkylation sites (N-methyl/N-ethyl adjacent to an activating group) is 1. The summed E-state index contributed by atoms with van der Waals surface area (Å²) in [5, 5.41) is 0. The second kappa shape index (κ2) is 38.0. The van der Waals surface area contributed by atoms with E-state index >= 15 is 0 Å². The Morgan fingerprint density at radius 3 is 1.45 bits per heavy atom. The molecule has 0 aliphatic rings. The molecule has 0 bridgehead atoms. The molecule has 0 aromatic carbocycles. The molecule has 0 aromatic heterocycles. The SMILES string of the molecule is CCCCC/C=C\C/C=C\C/C=C\CCCCCCC(=O)OC[C@H](COP(=O)([O-])OCC[N+](C)(C)C)OC(=O)CCCC/C=C\C/C=C\C/C=C\CCCCC. The molecule has 0 saturated heterocycles. The van der Waals surface area contributed by atoms with Gasteiger partial charge in [-0.2, -0.15) is 0 Å². The lowest BCUT2D eigenvalue weighted by Gasteiger charge is -2.28. The van der Waals surface area contributed by atoms with E-state index in [4.69, 9.17) is 18.5 Å². The summed E-state index contributed by atoms with van der Waals surface area (Å²) in [5.41, 5.74) is 0. The van der Waals surface area contributed by atoms with Crippen LogP contribution >= 0.6 is 7.82 Å². The zero-order valence-electron chi connectivity index (χ0n) is 36.1. The van der Waals surface area contributed by atoms with Gasteiger partial charge in [0.15, 0.2) is 6.10 Å². The van der Waals surface area contributed by atoms with Crippen molar-refractivity contribution >= 4 is 19.8 Å². The normalized spacial score (nSPS) is 14.3. The summed E-state index contributed by atoms with van der Waals surface area (Å²) in [6, 6.07) is 0. The van der Waals surface area contributed by atoms with Crippen molar-refractivity contribution in [3.8, 4) is 0 Å². The van der Waals surface area contributed by atoms with E-state index in [1.54, 1.807) is 0 Å². The first kappa shape index (κ1) is 53.5. The summed E-state index contributed by atoms with van der Waals surface area (Å²) >= 11 is 0. The van der Waals surface area contributed by atoms with Gasteiger partial charge in [-0.15, -0.1) is 0 Å². The third-order valence-corrected chi connectivity index (χ3v) is 9.66. The van der Waals surface area contributed by atoms with E-state index in [2.05, 4.69) is 86.8 Å². The summed E-state index contributed by atoms with van der Waals surface area (Å²) in [4.78, 5) is 37.5. The standard InChI is InChI=1S/C46H80NO8P/c1-6-8-10-12-14-16-18-20-22-23-25-26-28-30-32-34-36-38-45(48)52-42-44(43-54-56(50,51)53-41-40-47(3,4)5)55-46(49)39-37-35-33-31-29-27-24-21-19-17-15-13-11-9-7-2/h14-17,20-22,24-26,29,31,44H,6-13,18-19,23,27-28,30,32-43H2,1-5H3/b16-14-,17-15-,22-20-,24-21-,26-25-,31-29-/t44-/m1/s1. The van der Waals surface area contributed by atoms with Gasteiger partial charge in [-0.05, 0) is 89.9 Å². The topological polar surface area (TPSA) is 111 Å². The number of rotatable bonds is 38. The average molecular weight is 806 g/mol. The number of ether oxygens (including phenoxy) is 2. The van der Waals surface area contributed by atoms with Crippen molar-refractivity contribution in [3.63, 3.8) is 0 Å². The van der Waals surface area contributed by atoms with Gasteiger partial charge in [0.25, 0.3) is 7.82 Å². The number of phosphoric acid groups is 1. The molecule has 0 saturated carbocycles. The lowest BCUT2D eigenvalue weighted by atomic mass is 10.1. The van der Waals surface area contributed by atoms with Crippen molar-refractivity contribution in [2.75, 3.05) is 47.5 Å². The minimum Gasteiger partial charge on any atom is -0.756 e. The minimum absolute atomic E-state index is 0.0457. The van der Waals surface area contributed by atoms with Crippen LogP contribution in [0.15, 0.2) is 72.9 Å². The number of unbranched alkanes of at least 4 members (excludes halogenated alkanes) is 12. The second-order valence-corrected chi connectivity index (χ2v) is 16.8. The molecular formula is C46H80NO8P. The molecule has 0 aliphatic carbocycles. The van der Waals surface area contributed by atoms with Gasteiger partial charge < -0.3 is 27.9 Å². The van der Waals surface area contributed by atoms with Gasteiger partial charge in [-0.1, -0.05) is 125 Å². The van der Waals surface area contributed by atoms with Crippen LogP contribution in [0.2, 0.25) is 0 Å². The van der Waals surface area contributed by atoms with E-state index in [1.807, 2.05) is 21.1 Å². The minimum atomic E-state index is -4.64. The predicted octanol–water partition coefficient (Wildman–Crippen LogP) is 11.6. The second-order valence-electron chi connectivity index (χ2n) is 15.3. The molecule has 56 heavy (non-hydrogen) atoms. The summed E-state index contributed by atoms with van der Waals surface area (Å²) in [6.07, 6.45) is 46.4. The Morgan fingerprint density at radius 2 is 0.964 bits per heavy atom. The number of esters is 2. The van der Waals surface area contributed by atoms with Gasteiger partial charge in [0.2, 0.25) is 0 Å². The Bertz CT molecular complexity index is 1180. The first-order chi connectivity index (χ1) is 27.0. The van der Waals surface area contributed by atoms with Crippen molar-refractivity contribution < 1.29 is 42.1 Å². The van der Waals surface area contributed by atoms with E-state index < -0.39 is 32.5 Å². The van der Waals surface area contributed by atoms with Gasteiger partial charge in [0, 0.05) is 12.8 Å². The van der Waals surface area contributed by atoms with Crippen LogP contribution in [0.1, 0.15) is 155 Å². The molecule has 0 fully saturated rings. The van der Waals surface area contributed by atoms with E-state index in [1.165, 1.54) is 44.9 Å². The number of carbonyl (C=O) groups is 2. The van der Waals surface area contributed by atoms with Gasteiger partial charge in [0.1, 0.15) is 19.8 Å². The average Bonchev–Trinajstić information content (AvgIpc) is 3.15. The van der Waals surface area contributed by atoms with Crippen LogP contribution in [0.4, 0.5) is 0 Å². The maximum Gasteiger partial charge on any atom is 0.306 e. The molecule has 10 heteroatoms. The Hall–Kier alpha value is -2.55. The molecule has 0 amide bonds. The molecule has 9 nitrogen and oxygen atoms in total. The largest absolute Gasteiger partial charge is 0.756 e. The smallest absolute Gasteiger partial charge is 0.306 e. The van der Waals surface area contributed by atoms with Crippen LogP contribution in [0.3, 0.4) is 0 Å². The zero-order chi connectivity index (χ0) is 41.4. The molecule has 0 aliphatic heterocycles. The maximum absolute atomic E-state index is 12.6.